The summed E-state index contributed by atoms with van der Waals surface area (Å²) in [6, 6.07) is 14.8. The molecule has 0 spiro atoms. The average molecular weight is 353 g/mol. The number of nitrogens with zero attached hydrogens (tertiary/aromatic N) is 3. The maximum Gasteiger partial charge on any atom is 0.244 e. The second-order valence-corrected chi connectivity index (χ2v) is 6.74. The minimum atomic E-state index is -0.434. The molecule has 0 unspecified atom stereocenters. The van der Waals surface area contributed by atoms with Gasteiger partial charge < -0.3 is 9.63 Å². The molecule has 2 heterocycles. The molecular weight excluding hydrogens is 333 g/mol. The second-order valence-electron chi connectivity index (χ2n) is 6.74. The smallest absolute Gasteiger partial charge is 0.244 e. The van der Waals surface area contributed by atoms with Crippen LogP contribution in [0.2, 0.25) is 0 Å². The number of rotatable bonds is 4. The van der Waals surface area contributed by atoms with Crippen LogP contribution < -0.4 is 0 Å². The lowest BCUT2D eigenvalue weighted by Gasteiger charge is -2.21. The minimum Gasteiger partial charge on any atom is -0.392 e. The first-order valence-corrected chi connectivity index (χ1v) is 8.66. The average Bonchev–Trinajstić information content (AvgIpc) is 3.25. The predicted octanol–water partition coefficient (Wildman–Crippen LogP) is 3.49. The molecule has 0 aliphatic carbocycles. The number of benzene rings is 2. The van der Waals surface area contributed by atoms with E-state index >= 15 is 0 Å². The summed E-state index contributed by atoms with van der Waals surface area (Å²) in [6.45, 7) is 2.96. The van der Waals surface area contributed by atoms with E-state index in [4.69, 9.17) is 4.52 Å². The van der Waals surface area contributed by atoms with Crippen molar-refractivity contribution >= 4 is 0 Å². The summed E-state index contributed by atoms with van der Waals surface area (Å²) in [5.74, 6) is 0.518. The lowest BCUT2D eigenvalue weighted by molar-refractivity contribution is 0.169. The van der Waals surface area contributed by atoms with Crippen molar-refractivity contribution in [2.75, 3.05) is 6.54 Å². The first-order chi connectivity index (χ1) is 12.6. The molecular formula is C20H20FN3O2. The van der Waals surface area contributed by atoms with Crippen molar-refractivity contribution in [1.82, 2.24) is 15.0 Å². The number of hydrogen-bond donors (Lipinski definition) is 1. The van der Waals surface area contributed by atoms with Gasteiger partial charge in [-0.1, -0.05) is 47.6 Å². The summed E-state index contributed by atoms with van der Waals surface area (Å²) in [6.07, 6.45) is 0.104. The third kappa shape index (κ3) is 3.38. The molecule has 1 fully saturated rings. The Hall–Kier alpha value is -2.57. The number of aromatic nitrogens is 2. The Morgan fingerprint density at radius 3 is 2.81 bits per heavy atom. The number of aliphatic hydroxyl groups excluding tert-OH is 1. The molecule has 1 N–H and O–H groups in total. The highest BCUT2D eigenvalue weighted by Gasteiger charge is 2.35. The van der Waals surface area contributed by atoms with Crippen molar-refractivity contribution < 1.29 is 14.0 Å². The molecule has 0 radical (unpaired) electrons. The Labute approximate surface area is 151 Å². The van der Waals surface area contributed by atoms with Gasteiger partial charge in [0.05, 0.1) is 12.1 Å². The normalized spacial score (nSPS) is 20.6. The summed E-state index contributed by atoms with van der Waals surface area (Å²) in [5, 5.41) is 14.1. The van der Waals surface area contributed by atoms with Crippen LogP contribution in [0.15, 0.2) is 53.1 Å². The molecule has 26 heavy (non-hydrogen) atoms. The number of aliphatic hydroxyl groups is 1. The number of likely N-dealkylation sites (tertiary alicyclic amines) is 1. The Bertz CT molecular complexity index is 897. The van der Waals surface area contributed by atoms with Gasteiger partial charge in [0.2, 0.25) is 11.7 Å². The van der Waals surface area contributed by atoms with Crippen LogP contribution in [-0.2, 0) is 6.54 Å². The van der Waals surface area contributed by atoms with Gasteiger partial charge in [-0.3, -0.25) is 4.90 Å². The van der Waals surface area contributed by atoms with E-state index in [9.17, 15) is 9.50 Å². The van der Waals surface area contributed by atoms with Crippen molar-refractivity contribution in [3.63, 3.8) is 0 Å². The van der Waals surface area contributed by atoms with Crippen LogP contribution in [-0.4, -0.2) is 32.8 Å². The van der Waals surface area contributed by atoms with Crippen LogP contribution in [0.4, 0.5) is 4.39 Å². The molecule has 0 bridgehead atoms. The second kappa shape index (κ2) is 6.97. The summed E-state index contributed by atoms with van der Waals surface area (Å²) < 4.78 is 19.3. The van der Waals surface area contributed by atoms with Gasteiger partial charge in [-0.15, -0.1) is 0 Å². The van der Waals surface area contributed by atoms with E-state index in [-0.39, 0.29) is 11.9 Å². The van der Waals surface area contributed by atoms with Crippen molar-refractivity contribution in [3.05, 3.63) is 71.4 Å². The minimum absolute atomic E-state index is 0.151. The van der Waals surface area contributed by atoms with Gasteiger partial charge in [0, 0.05) is 18.7 Å². The predicted molar refractivity (Wildman–Crippen MR) is 94.6 cm³/mol. The van der Waals surface area contributed by atoms with Gasteiger partial charge >= 0.3 is 0 Å². The van der Waals surface area contributed by atoms with E-state index in [1.54, 1.807) is 19.1 Å². The summed E-state index contributed by atoms with van der Waals surface area (Å²) in [5.41, 5.74) is 2.31. The molecule has 0 amide bonds. The molecule has 6 heteroatoms. The zero-order valence-electron chi connectivity index (χ0n) is 14.5. The Balaban J connectivity index is 1.57. The van der Waals surface area contributed by atoms with Gasteiger partial charge in [0.15, 0.2) is 0 Å². The lowest BCUT2D eigenvalue weighted by Crippen LogP contribution is -2.24. The molecule has 5 nitrogen and oxygen atoms in total. The number of hydrogen-bond acceptors (Lipinski definition) is 5. The van der Waals surface area contributed by atoms with E-state index in [0.29, 0.717) is 42.4 Å². The van der Waals surface area contributed by atoms with Crippen molar-refractivity contribution in [3.8, 4) is 11.4 Å². The molecule has 3 aromatic rings. The fourth-order valence-electron chi connectivity index (χ4n) is 3.35. The van der Waals surface area contributed by atoms with Crippen molar-refractivity contribution in [2.24, 2.45) is 0 Å². The van der Waals surface area contributed by atoms with Gasteiger partial charge in [-0.25, -0.2) is 4.39 Å². The van der Waals surface area contributed by atoms with Gasteiger partial charge in [-0.2, -0.15) is 4.98 Å². The molecule has 1 saturated heterocycles. The lowest BCUT2D eigenvalue weighted by atomic mass is 10.1. The largest absolute Gasteiger partial charge is 0.392 e. The van der Waals surface area contributed by atoms with E-state index in [0.717, 1.165) is 5.56 Å². The highest BCUT2D eigenvalue weighted by Crippen LogP contribution is 2.33. The fraction of sp³-hybridized carbons (Fsp3) is 0.300. The van der Waals surface area contributed by atoms with Crippen LogP contribution in [0.5, 0.6) is 0 Å². The van der Waals surface area contributed by atoms with Crippen LogP contribution in [0.1, 0.15) is 29.5 Å². The highest BCUT2D eigenvalue weighted by atomic mass is 19.1. The zero-order chi connectivity index (χ0) is 18.1. The Morgan fingerprint density at radius 1 is 1.23 bits per heavy atom. The van der Waals surface area contributed by atoms with E-state index < -0.39 is 6.10 Å². The van der Waals surface area contributed by atoms with Crippen LogP contribution in [0.25, 0.3) is 11.4 Å². The maximum atomic E-state index is 13.8. The molecule has 2 aromatic carbocycles. The quantitative estimate of drug-likeness (QED) is 0.778. The van der Waals surface area contributed by atoms with Crippen LogP contribution in [0, 0.1) is 12.7 Å². The molecule has 0 saturated carbocycles. The molecule has 134 valence electrons. The number of aryl methyl sites for hydroxylation is 1. The maximum absolute atomic E-state index is 13.8. The van der Waals surface area contributed by atoms with Crippen molar-refractivity contribution in [2.45, 2.75) is 32.0 Å². The van der Waals surface area contributed by atoms with Crippen LogP contribution in [0.3, 0.4) is 0 Å². The first kappa shape index (κ1) is 16.9. The van der Waals surface area contributed by atoms with Crippen LogP contribution >= 0.6 is 0 Å². The number of β-amino-alcohol motifs (C(OH)–C–C–N with tert-alkyl or cyclic N) is 1. The van der Waals surface area contributed by atoms with Gasteiger partial charge in [-0.05, 0) is 30.5 Å². The van der Waals surface area contributed by atoms with E-state index in [1.807, 2.05) is 18.2 Å². The van der Waals surface area contributed by atoms with Gasteiger partial charge in [0.1, 0.15) is 5.82 Å². The molecule has 1 aromatic heterocycles. The highest BCUT2D eigenvalue weighted by molar-refractivity contribution is 5.55. The fourth-order valence-corrected chi connectivity index (χ4v) is 3.35. The number of halogens is 1. The van der Waals surface area contributed by atoms with Crippen molar-refractivity contribution in [1.29, 1.82) is 0 Å². The monoisotopic (exact) mass is 353 g/mol. The summed E-state index contributed by atoms with van der Waals surface area (Å²) in [7, 11) is 0. The third-order valence-corrected chi connectivity index (χ3v) is 4.77. The molecule has 1 aliphatic rings. The van der Waals surface area contributed by atoms with E-state index in [1.165, 1.54) is 6.07 Å². The zero-order valence-corrected chi connectivity index (χ0v) is 14.5. The molecule has 2 atom stereocenters. The summed E-state index contributed by atoms with van der Waals surface area (Å²) >= 11 is 0. The SMILES string of the molecule is Cc1ccc(-c2noc([C@@H]3C[C@@H](O)CN3Cc3ccccc3)n2)cc1F. The Morgan fingerprint density at radius 2 is 2.04 bits per heavy atom. The Kier molecular flexibility index (Phi) is 4.53. The standard InChI is InChI=1S/C20H20FN3O2/c1-13-7-8-15(9-17(13)21)19-22-20(26-23-19)18-10-16(25)12-24(18)11-14-5-3-2-4-6-14/h2-9,16,18,25H,10-12H2,1H3/t16-,18+/m1/s1. The third-order valence-electron chi connectivity index (χ3n) is 4.77. The summed E-state index contributed by atoms with van der Waals surface area (Å²) in [4.78, 5) is 6.59. The first-order valence-electron chi connectivity index (χ1n) is 8.66. The molecule has 4 rings (SSSR count). The molecule has 1 aliphatic heterocycles. The van der Waals surface area contributed by atoms with E-state index in [2.05, 4.69) is 27.2 Å². The van der Waals surface area contributed by atoms with Gasteiger partial charge in [0.25, 0.3) is 0 Å². The topological polar surface area (TPSA) is 62.4 Å².